The third-order valence-corrected chi connectivity index (χ3v) is 8.85. The topological polar surface area (TPSA) is 101 Å². The number of benzene rings is 3. The third kappa shape index (κ3) is 4.16. The van der Waals surface area contributed by atoms with Crippen molar-refractivity contribution in [1.82, 2.24) is 13.5 Å². The van der Waals surface area contributed by atoms with Crippen molar-refractivity contribution in [1.29, 1.82) is 0 Å². The molecule has 1 N–H and O–H groups in total. The van der Waals surface area contributed by atoms with E-state index in [4.69, 9.17) is 11.6 Å². The summed E-state index contributed by atoms with van der Waals surface area (Å²) < 4.78 is 67.5. The Morgan fingerprint density at radius 1 is 0.941 bits per heavy atom. The van der Waals surface area contributed by atoms with Crippen LogP contribution in [-0.2, 0) is 20.0 Å². The van der Waals surface area contributed by atoms with E-state index in [9.17, 15) is 21.2 Å². The van der Waals surface area contributed by atoms with Crippen LogP contribution in [0.4, 0.5) is 15.8 Å². The fourth-order valence-corrected chi connectivity index (χ4v) is 5.82. The van der Waals surface area contributed by atoms with Crippen molar-refractivity contribution in [2.24, 2.45) is 0 Å². The van der Waals surface area contributed by atoms with Gasteiger partial charge in [-0.25, -0.2) is 17.1 Å². The molecular formula is C22H20ClFN4O4S2. The van der Waals surface area contributed by atoms with Crippen LogP contribution in [0, 0.1) is 12.7 Å². The molecule has 0 atom stereocenters. The predicted molar refractivity (Wildman–Crippen MR) is 129 cm³/mol. The summed E-state index contributed by atoms with van der Waals surface area (Å²) in [7, 11) is -5.08. The molecule has 3 aromatic carbocycles. The van der Waals surface area contributed by atoms with Gasteiger partial charge in [-0.05, 0) is 61.5 Å². The fourth-order valence-electron chi connectivity index (χ4n) is 3.44. The summed E-state index contributed by atoms with van der Waals surface area (Å²) in [4.78, 5) is -0.161. The molecule has 0 spiro atoms. The summed E-state index contributed by atoms with van der Waals surface area (Å²) in [5.41, 5.74) is 1.32. The molecule has 8 nitrogen and oxygen atoms in total. The lowest BCUT2D eigenvalue weighted by atomic mass is 10.1. The third-order valence-electron chi connectivity index (χ3n) is 5.18. The Labute approximate surface area is 201 Å². The van der Waals surface area contributed by atoms with E-state index in [2.05, 4.69) is 10.4 Å². The highest BCUT2D eigenvalue weighted by molar-refractivity contribution is 7.90. The molecule has 0 amide bonds. The molecule has 12 heteroatoms. The Kier molecular flexibility index (Phi) is 6.15. The zero-order valence-electron chi connectivity index (χ0n) is 18.3. The number of nitrogens with zero attached hydrogens (tertiary/aromatic N) is 3. The first kappa shape index (κ1) is 24.1. The van der Waals surface area contributed by atoms with Crippen LogP contribution in [0.5, 0.6) is 0 Å². The molecule has 34 heavy (non-hydrogen) atoms. The minimum atomic E-state index is -4.15. The van der Waals surface area contributed by atoms with Crippen LogP contribution in [-0.4, -0.2) is 44.4 Å². The summed E-state index contributed by atoms with van der Waals surface area (Å²) in [5.74, 6) is -0.560. The first-order valence-electron chi connectivity index (χ1n) is 9.91. The molecule has 4 aromatic rings. The highest BCUT2D eigenvalue weighted by atomic mass is 35.5. The maximum absolute atomic E-state index is 14.3. The van der Waals surface area contributed by atoms with Crippen molar-refractivity contribution in [3.63, 3.8) is 0 Å². The van der Waals surface area contributed by atoms with Gasteiger partial charge in [-0.2, -0.15) is 17.6 Å². The van der Waals surface area contributed by atoms with Gasteiger partial charge in [0, 0.05) is 30.2 Å². The maximum atomic E-state index is 14.3. The molecule has 0 unspecified atom stereocenters. The summed E-state index contributed by atoms with van der Waals surface area (Å²) in [6, 6.07) is 14.0. The van der Waals surface area contributed by atoms with Crippen molar-refractivity contribution in [3.05, 3.63) is 77.2 Å². The van der Waals surface area contributed by atoms with Gasteiger partial charge in [-0.1, -0.05) is 17.7 Å². The highest BCUT2D eigenvalue weighted by Gasteiger charge is 2.25. The molecule has 1 aromatic heterocycles. The van der Waals surface area contributed by atoms with Gasteiger partial charge in [0.05, 0.1) is 26.7 Å². The minimum absolute atomic E-state index is 0.0329. The van der Waals surface area contributed by atoms with Gasteiger partial charge in [-0.15, -0.1) is 0 Å². The largest absolute Gasteiger partial charge is 0.353 e. The molecule has 0 fully saturated rings. The zero-order valence-corrected chi connectivity index (χ0v) is 20.7. The standard InChI is InChI=1S/C22H20ClFN4O4S2/c1-14-22-20(25-19-12-7-15(23)13-18(19)24)5-4-6-21(22)28(26-14)34(31,32)17-10-8-16(9-11-17)33(29,30)27(2)3/h4-13,25H,1-3H3. The van der Waals surface area contributed by atoms with Crippen LogP contribution in [0.2, 0.25) is 5.02 Å². The molecule has 1 heterocycles. The number of aryl methyl sites for hydroxylation is 1. The van der Waals surface area contributed by atoms with Crippen LogP contribution in [0.3, 0.4) is 0 Å². The Hall–Kier alpha value is -2.99. The van der Waals surface area contributed by atoms with Gasteiger partial charge in [0.2, 0.25) is 10.0 Å². The molecule has 0 saturated heterocycles. The summed E-state index contributed by atoms with van der Waals surface area (Å²) in [6.45, 7) is 1.64. The number of anilines is 2. The SMILES string of the molecule is Cc1nn(S(=O)(=O)c2ccc(S(=O)(=O)N(C)C)cc2)c2cccc(Nc3ccc(Cl)cc3F)c12. The van der Waals surface area contributed by atoms with Crippen LogP contribution >= 0.6 is 11.6 Å². The summed E-state index contributed by atoms with van der Waals surface area (Å²) in [6.07, 6.45) is 0. The van der Waals surface area contributed by atoms with Crippen LogP contribution in [0.25, 0.3) is 10.9 Å². The number of hydrogen-bond acceptors (Lipinski definition) is 6. The molecule has 0 radical (unpaired) electrons. The predicted octanol–water partition coefficient (Wildman–Crippen LogP) is 4.37. The Bertz CT molecular complexity index is 1620. The summed E-state index contributed by atoms with van der Waals surface area (Å²) >= 11 is 5.82. The van der Waals surface area contributed by atoms with Gasteiger partial charge >= 0.3 is 0 Å². The molecule has 0 saturated carbocycles. The van der Waals surface area contributed by atoms with Crippen LogP contribution in [0.1, 0.15) is 5.69 Å². The van der Waals surface area contributed by atoms with E-state index in [1.807, 2.05) is 0 Å². The molecule has 0 aliphatic rings. The molecule has 0 bridgehead atoms. The second-order valence-electron chi connectivity index (χ2n) is 7.64. The Morgan fingerprint density at radius 3 is 2.21 bits per heavy atom. The number of rotatable bonds is 6. The molecule has 0 aliphatic carbocycles. The number of nitrogens with one attached hydrogen (secondary N) is 1. The molecular weight excluding hydrogens is 503 g/mol. The average molecular weight is 523 g/mol. The van der Waals surface area contributed by atoms with E-state index in [-0.39, 0.29) is 26.0 Å². The molecule has 178 valence electrons. The van der Waals surface area contributed by atoms with Crippen molar-refractivity contribution < 1.29 is 21.2 Å². The first-order valence-corrected chi connectivity index (χ1v) is 13.2. The van der Waals surface area contributed by atoms with Crippen LogP contribution in [0.15, 0.2) is 70.5 Å². The van der Waals surface area contributed by atoms with Gasteiger partial charge in [-0.3, -0.25) is 0 Å². The number of sulfonamides is 1. The van der Waals surface area contributed by atoms with Gasteiger partial charge in [0.1, 0.15) is 5.82 Å². The Morgan fingerprint density at radius 2 is 1.59 bits per heavy atom. The van der Waals surface area contributed by atoms with E-state index < -0.39 is 25.9 Å². The van der Waals surface area contributed by atoms with E-state index in [1.165, 1.54) is 56.6 Å². The van der Waals surface area contributed by atoms with Gasteiger partial charge in [0.25, 0.3) is 10.0 Å². The van der Waals surface area contributed by atoms with E-state index in [1.54, 1.807) is 25.1 Å². The van der Waals surface area contributed by atoms with E-state index in [0.717, 1.165) is 8.39 Å². The monoisotopic (exact) mass is 522 g/mol. The van der Waals surface area contributed by atoms with E-state index >= 15 is 0 Å². The van der Waals surface area contributed by atoms with Gasteiger partial charge < -0.3 is 5.32 Å². The van der Waals surface area contributed by atoms with Crippen molar-refractivity contribution in [2.75, 3.05) is 19.4 Å². The zero-order chi connectivity index (χ0) is 24.8. The Balaban J connectivity index is 1.79. The highest BCUT2D eigenvalue weighted by Crippen LogP contribution is 2.32. The lowest BCUT2D eigenvalue weighted by Crippen LogP contribution is -2.22. The smallest absolute Gasteiger partial charge is 0.283 e. The molecule has 0 aliphatic heterocycles. The first-order chi connectivity index (χ1) is 15.9. The lowest BCUT2D eigenvalue weighted by Gasteiger charge is -2.12. The van der Waals surface area contributed by atoms with Crippen LogP contribution < -0.4 is 5.32 Å². The quantitative estimate of drug-likeness (QED) is 0.403. The fraction of sp³-hybridized carbons (Fsp3) is 0.136. The van der Waals surface area contributed by atoms with Gasteiger partial charge in [0.15, 0.2) is 0 Å². The number of fused-ring (bicyclic) bond motifs is 1. The second-order valence-corrected chi connectivity index (χ2v) is 12.0. The summed E-state index contributed by atoms with van der Waals surface area (Å²) in [5, 5.41) is 7.94. The van der Waals surface area contributed by atoms with Crippen molar-refractivity contribution in [2.45, 2.75) is 16.7 Å². The normalized spacial score (nSPS) is 12.4. The minimum Gasteiger partial charge on any atom is -0.353 e. The average Bonchev–Trinajstić information content (AvgIpc) is 3.14. The number of hydrogen-bond donors (Lipinski definition) is 1. The molecule has 4 rings (SSSR count). The van der Waals surface area contributed by atoms with E-state index in [0.29, 0.717) is 16.8 Å². The maximum Gasteiger partial charge on any atom is 0.283 e. The number of aromatic nitrogens is 2. The second kappa shape index (κ2) is 8.66. The lowest BCUT2D eigenvalue weighted by molar-refractivity contribution is 0.520. The van der Waals surface area contributed by atoms with Crippen molar-refractivity contribution in [3.8, 4) is 0 Å². The van der Waals surface area contributed by atoms with Crippen molar-refractivity contribution >= 4 is 53.9 Å². The number of halogens is 2.